The SMILES string of the molecule is CC(C)(C)OC(=O)N(CCCCNC(=O)c1ccc(F)cc1)CC1Cc2ccccc2O1. The second-order valence-corrected chi connectivity index (χ2v) is 8.95. The minimum atomic E-state index is -0.585. The van der Waals surface area contributed by atoms with Crippen molar-refractivity contribution in [1.29, 1.82) is 0 Å². The second kappa shape index (κ2) is 10.5. The molecule has 2 amide bonds. The van der Waals surface area contributed by atoms with Crippen molar-refractivity contribution >= 4 is 12.0 Å². The number of hydrogen-bond acceptors (Lipinski definition) is 4. The van der Waals surface area contributed by atoms with Gasteiger partial charge in [0, 0.05) is 25.1 Å². The molecule has 1 heterocycles. The van der Waals surface area contributed by atoms with E-state index in [9.17, 15) is 14.0 Å². The zero-order valence-corrected chi connectivity index (χ0v) is 18.9. The number of unbranched alkanes of at least 4 members (excludes halogenated alkanes) is 1. The van der Waals surface area contributed by atoms with E-state index in [0.29, 0.717) is 38.0 Å². The van der Waals surface area contributed by atoms with Crippen LogP contribution >= 0.6 is 0 Å². The normalized spacial score (nSPS) is 14.9. The number of nitrogens with zero attached hydrogens (tertiary/aromatic N) is 1. The molecule has 1 aliphatic rings. The summed E-state index contributed by atoms with van der Waals surface area (Å²) in [6.07, 6.45) is 1.66. The van der Waals surface area contributed by atoms with Crippen LogP contribution in [0.5, 0.6) is 5.75 Å². The minimum absolute atomic E-state index is 0.113. The third-order valence-corrected chi connectivity index (χ3v) is 5.04. The predicted octanol–water partition coefficient (Wildman–Crippen LogP) is 4.58. The fourth-order valence-corrected chi connectivity index (χ4v) is 3.52. The zero-order valence-electron chi connectivity index (χ0n) is 18.9. The average molecular weight is 443 g/mol. The fraction of sp³-hybridized carbons (Fsp3) is 0.440. The van der Waals surface area contributed by atoms with Gasteiger partial charge >= 0.3 is 6.09 Å². The lowest BCUT2D eigenvalue weighted by Gasteiger charge is -2.29. The van der Waals surface area contributed by atoms with Gasteiger partial charge in [-0.25, -0.2) is 9.18 Å². The quantitative estimate of drug-likeness (QED) is 0.608. The number of rotatable bonds is 8. The molecule has 0 aromatic heterocycles. The lowest BCUT2D eigenvalue weighted by atomic mass is 10.1. The summed E-state index contributed by atoms with van der Waals surface area (Å²) in [6, 6.07) is 13.3. The molecule has 1 aliphatic heterocycles. The number of carbonyl (C=O) groups excluding carboxylic acids is 2. The number of fused-ring (bicyclic) bond motifs is 1. The van der Waals surface area contributed by atoms with Crippen LogP contribution in [0.25, 0.3) is 0 Å². The van der Waals surface area contributed by atoms with E-state index in [4.69, 9.17) is 9.47 Å². The molecule has 0 saturated heterocycles. The Balaban J connectivity index is 1.48. The molecule has 0 radical (unpaired) electrons. The van der Waals surface area contributed by atoms with Crippen molar-refractivity contribution in [3.8, 4) is 5.75 Å². The summed E-state index contributed by atoms with van der Waals surface area (Å²) in [5, 5.41) is 2.82. The number of ether oxygens (including phenoxy) is 2. The number of nitrogens with one attached hydrogen (secondary N) is 1. The number of hydrogen-bond donors (Lipinski definition) is 1. The van der Waals surface area contributed by atoms with E-state index in [1.807, 2.05) is 45.0 Å². The Morgan fingerprint density at radius 3 is 2.53 bits per heavy atom. The molecule has 0 aliphatic carbocycles. The van der Waals surface area contributed by atoms with E-state index in [2.05, 4.69) is 5.32 Å². The second-order valence-electron chi connectivity index (χ2n) is 8.95. The smallest absolute Gasteiger partial charge is 0.410 e. The van der Waals surface area contributed by atoms with Crippen molar-refractivity contribution in [2.24, 2.45) is 0 Å². The summed E-state index contributed by atoms with van der Waals surface area (Å²) in [5.41, 5.74) is 0.975. The Labute approximate surface area is 188 Å². The maximum Gasteiger partial charge on any atom is 0.410 e. The first-order valence-electron chi connectivity index (χ1n) is 11.0. The molecule has 32 heavy (non-hydrogen) atoms. The van der Waals surface area contributed by atoms with Gasteiger partial charge in [0.25, 0.3) is 5.91 Å². The molecule has 1 atom stereocenters. The summed E-state index contributed by atoms with van der Waals surface area (Å²) in [7, 11) is 0. The number of amides is 2. The van der Waals surface area contributed by atoms with Crippen molar-refractivity contribution in [3.05, 3.63) is 65.5 Å². The topological polar surface area (TPSA) is 67.9 Å². The maximum absolute atomic E-state index is 13.0. The van der Waals surface area contributed by atoms with Gasteiger partial charge < -0.3 is 19.7 Å². The first kappa shape index (κ1) is 23.6. The molecule has 0 fully saturated rings. The van der Waals surface area contributed by atoms with Gasteiger partial charge in [0.1, 0.15) is 23.3 Å². The first-order chi connectivity index (χ1) is 15.2. The molecule has 172 valence electrons. The Morgan fingerprint density at radius 1 is 1.12 bits per heavy atom. The van der Waals surface area contributed by atoms with Crippen LogP contribution in [0.1, 0.15) is 49.5 Å². The van der Waals surface area contributed by atoms with Crippen LogP contribution in [0.15, 0.2) is 48.5 Å². The van der Waals surface area contributed by atoms with Gasteiger partial charge in [0.2, 0.25) is 0 Å². The predicted molar refractivity (Wildman–Crippen MR) is 120 cm³/mol. The van der Waals surface area contributed by atoms with Crippen LogP contribution < -0.4 is 10.1 Å². The van der Waals surface area contributed by atoms with Gasteiger partial charge in [0.15, 0.2) is 0 Å². The third kappa shape index (κ3) is 6.97. The molecule has 2 aromatic rings. The highest BCUT2D eigenvalue weighted by atomic mass is 19.1. The third-order valence-electron chi connectivity index (χ3n) is 5.04. The van der Waals surface area contributed by atoms with Gasteiger partial charge in [-0.15, -0.1) is 0 Å². The van der Waals surface area contributed by atoms with E-state index >= 15 is 0 Å². The highest BCUT2D eigenvalue weighted by molar-refractivity contribution is 5.94. The summed E-state index contributed by atoms with van der Waals surface area (Å²) in [5.74, 6) is 0.245. The standard InChI is InChI=1S/C25H31FN2O4/c1-25(2,3)32-24(30)28(17-21-16-19-8-4-5-9-22(19)31-21)15-7-6-14-27-23(29)18-10-12-20(26)13-11-18/h4-5,8-13,21H,6-7,14-17H2,1-3H3,(H,27,29). The van der Waals surface area contributed by atoms with E-state index in [0.717, 1.165) is 17.7 Å². The molecule has 1 N–H and O–H groups in total. The van der Waals surface area contributed by atoms with Gasteiger partial charge in [0.05, 0.1) is 6.54 Å². The molecule has 0 bridgehead atoms. The van der Waals surface area contributed by atoms with Gasteiger partial charge in [-0.1, -0.05) is 18.2 Å². The number of carbonyl (C=O) groups is 2. The Hall–Kier alpha value is -3.09. The summed E-state index contributed by atoms with van der Waals surface area (Å²) in [6.45, 7) is 6.93. The van der Waals surface area contributed by atoms with Crippen LogP contribution in [0.4, 0.5) is 9.18 Å². The fourth-order valence-electron chi connectivity index (χ4n) is 3.52. The number of halogens is 1. The average Bonchev–Trinajstić information content (AvgIpc) is 3.14. The monoisotopic (exact) mass is 442 g/mol. The molecule has 7 heteroatoms. The summed E-state index contributed by atoms with van der Waals surface area (Å²) < 4.78 is 24.6. The number of para-hydroxylation sites is 1. The van der Waals surface area contributed by atoms with Gasteiger partial charge in [-0.05, 0) is 69.5 Å². The Morgan fingerprint density at radius 2 is 1.84 bits per heavy atom. The Bertz CT molecular complexity index is 899. The molecule has 2 aromatic carbocycles. The number of benzene rings is 2. The van der Waals surface area contributed by atoms with E-state index < -0.39 is 5.60 Å². The van der Waals surface area contributed by atoms with Crippen molar-refractivity contribution in [3.63, 3.8) is 0 Å². The van der Waals surface area contributed by atoms with Crippen LogP contribution in [0.3, 0.4) is 0 Å². The van der Waals surface area contributed by atoms with Crippen LogP contribution in [-0.4, -0.2) is 48.2 Å². The zero-order chi connectivity index (χ0) is 23.1. The molecule has 6 nitrogen and oxygen atoms in total. The lowest BCUT2D eigenvalue weighted by molar-refractivity contribution is 0.0179. The lowest BCUT2D eigenvalue weighted by Crippen LogP contribution is -2.43. The highest BCUT2D eigenvalue weighted by Gasteiger charge is 2.29. The molecular weight excluding hydrogens is 411 g/mol. The van der Waals surface area contributed by atoms with Gasteiger partial charge in [-0.2, -0.15) is 0 Å². The van der Waals surface area contributed by atoms with E-state index in [-0.39, 0.29) is 23.9 Å². The molecule has 1 unspecified atom stereocenters. The van der Waals surface area contributed by atoms with E-state index in [1.54, 1.807) is 4.90 Å². The summed E-state index contributed by atoms with van der Waals surface area (Å²) >= 11 is 0. The first-order valence-corrected chi connectivity index (χ1v) is 11.0. The molecule has 0 spiro atoms. The molecular formula is C25H31FN2O4. The largest absolute Gasteiger partial charge is 0.488 e. The van der Waals surface area contributed by atoms with Crippen LogP contribution in [0.2, 0.25) is 0 Å². The van der Waals surface area contributed by atoms with Crippen molar-refractivity contribution < 1.29 is 23.5 Å². The minimum Gasteiger partial charge on any atom is -0.488 e. The van der Waals surface area contributed by atoms with E-state index in [1.165, 1.54) is 24.3 Å². The summed E-state index contributed by atoms with van der Waals surface area (Å²) in [4.78, 5) is 26.6. The van der Waals surface area contributed by atoms with Crippen molar-refractivity contribution in [2.75, 3.05) is 19.6 Å². The van der Waals surface area contributed by atoms with Crippen LogP contribution in [0, 0.1) is 5.82 Å². The van der Waals surface area contributed by atoms with Crippen molar-refractivity contribution in [2.45, 2.75) is 51.7 Å². The van der Waals surface area contributed by atoms with Gasteiger partial charge in [-0.3, -0.25) is 4.79 Å². The van der Waals surface area contributed by atoms with Crippen molar-refractivity contribution in [1.82, 2.24) is 10.2 Å². The van der Waals surface area contributed by atoms with Crippen LogP contribution in [-0.2, 0) is 11.2 Å². The Kier molecular flexibility index (Phi) is 7.72. The molecule has 3 rings (SSSR count). The maximum atomic E-state index is 13.0. The molecule has 0 saturated carbocycles. The highest BCUT2D eigenvalue weighted by Crippen LogP contribution is 2.28.